The summed E-state index contributed by atoms with van der Waals surface area (Å²) < 4.78 is 10.8. The number of nitrogens with zero attached hydrogens (tertiary/aromatic N) is 7. The Labute approximate surface area is 193 Å². The van der Waals surface area contributed by atoms with Gasteiger partial charge < -0.3 is 25.4 Å². The third kappa shape index (κ3) is 7.47. The van der Waals surface area contributed by atoms with Crippen molar-refractivity contribution >= 4 is 23.5 Å². The van der Waals surface area contributed by atoms with E-state index in [1.54, 1.807) is 18.3 Å². The van der Waals surface area contributed by atoms with Crippen LogP contribution in [0.15, 0.2) is 18.3 Å². The lowest BCUT2D eigenvalue weighted by Crippen LogP contribution is -2.39. The van der Waals surface area contributed by atoms with E-state index < -0.39 is 0 Å². The van der Waals surface area contributed by atoms with Gasteiger partial charge in [-0.25, -0.2) is 4.98 Å². The number of pyridine rings is 1. The van der Waals surface area contributed by atoms with Crippen LogP contribution in [0.1, 0.15) is 5.69 Å². The molecule has 2 aliphatic rings. The first kappa shape index (κ1) is 23.1. The molecule has 33 heavy (non-hydrogen) atoms. The molecular weight excluding hydrogens is 424 g/mol. The molecule has 2 fully saturated rings. The van der Waals surface area contributed by atoms with Crippen molar-refractivity contribution < 1.29 is 9.47 Å². The molecule has 2 aromatic rings. The Morgan fingerprint density at radius 2 is 1.36 bits per heavy atom. The fraction of sp³-hybridized carbons (Fsp3) is 0.571. The van der Waals surface area contributed by atoms with Crippen LogP contribution in [0.25, 0.3) is 0 Å². The van der Waals surface area contributed by atoms with E-state index in [-0.39, 0.29) is 0 Å². The molecular formula is C21H30N10O2. The molecule has 0 aliphatic carbocycles. The summed E-state index contributed by atoms with van der Waals surface area (Å²) >= 11 is 0. The molecule has 0 unspecified atom stereocenters. The lowest BCUT2D eigenvalue weighted by atomic mass is 10.3. The van der Waals surface area contributed by atoms with Crippen LogP contribution in [-0.4, -0.2) is 109 Å². The fourth-order valence-corrected chi connectivity index (χ4v) is 3.55. The molecule has 0 atom stereocenters. The summed E-state index contributed by atoms with van der Waals surface area (Å²) in [6.45, 7) is 10.0. The minimum atomic E-state index is 0.354. The lowest BCUT2D eigenvalue weighted by Gasteiger charge is -2.26. The number of aromatic nitrogens is 4. The Kier molecular flexibility index (Phi) is 8.54. The second-order valence-corrected chi connectivity index (χ2v) is 7.74. The minimum absolute atomic E-state index is 0.354. The number of ether oxygens (including phenoxy) is 2. The summed E-state index contributed by atoms with van der Waals surface area (Å²) in [5.41, 5.74) is 1.05. The van der Waals surface area contributed by atoms with Crippen molar-refractivity contribution in [1.82, 2.24) is 29.7 Å². The Bertz CT molecular complexity index is 866. The van der Waals surface area contributed by atoms with Crippen LogP contribution in [0.5, 0.6) is 0 Å². The van der Waals surface area contributed by atoms with Crippen molar-refractivity contribution in [3.05, 3.63) is 24.0 Å². The first-order valence-corrected chi connectivity index (χ1v) is 11.3. The van der Waals surface area contributed by atoms with Crippen LogP contribution in [0.4, 0.5) is 23.5 Å². The second-order valence-electron chi connectivity index (χ2n) is 7.74. The normalized spacial score (nSPS) is 17.3. The largest absolute Gasteiger partial charge is 0.379 e. The molecule has 4 heterocycles. The summed E-state index contributed by atoms with van der Waals surface area (Å²) in [6, 6.07) is 5.43. The van der Waals surface area contributed by atoms with E-state index >= 15 is 0 Å². The Hall–Kier alpha value is -3.11. The van der Waals surface area contributed by atoms with Gasteiger partial charge in [0.15, 0.2) is 0 Å². The van der Waals surface area contributed by atoms with Gasteiger partial charge in [0.05, 0.1) is 38.3 Å². The van der Waals surface area contributed by atoms with E-state index in [1.165, 1.54) is 0 Å². The first-order valence-electron chi connectivity index (χ1n) is 11.3. The van der Waals surface area contributed by atoms with Gasteiger partial charge in [-0.3, -0.25) is 9.80 Å². The summed E-state index contributed by atoms with van der Waals surface area (Å²) in [4.78, 5) is 22.3. The third-order valence-electron chi connectivity index (χ3n) is 5.40. The smallest absolute Gasteiger partial charge is 0.233 e. The summed E-state index contributed by atoms with van der Waals surface area (Å²) in [5, 5.41) is 18.7. The molecule has 2 aliphatic heterocycles. The van der Waals surface area contributed by atoms with Gasteiger partial charge in [0.1, 0.15) is 11.8 Å². The Balaban J connectivity index is 1.38. The molecule has 0 saturated carbocycles. The maximum Gasteiger partial charge on any atom is 0.233 e. The van der Waals surface area contributed by atoms with E-state index in [1.807, 2.05) is 6.07 Å². The van der Waals surface area contributed by atoms with Crippen LogP contribution in [0.2, 0.25) is 0 Å². The van der Waals surface area contributed by atoms with E-state index in [0.717, 1.165) is 78.8 Å². The highest BCUT2D eigenvalue weighted by molar-refractivity contribution is 5.55. The predicted octanol–water partition coefficient (Wildman–Crippen LogP) is 0.370. The first-order chi connectivity index (χ1) is 16.3. The van der Waals surface area contributed by atoms with E-state index in [2.05, 4.69) is 45.7 Å². The van der Waals surface area contributed by atoms with Gasteiger partial charge in [-0.05, 0) is 12.1 Å². The predicted molar refractivity (Wildman–Crippen MR) is 124 cm³/mol. The van der Waals surface area contributed by atoms with Crippen LogP contribution < -0.4 is 16.0 Å². The molecule has 0 radical (unpaired) electrons. The monoisotopic (exact) mass is 454 g/mol. The van der Waals surface area contributed by atoms with Gasteiger partial charge >= 0.3 is 0 Å². The minimum Gasteiger partial charge on any atom is -0.379 e. The molecule has 4 rings (SSSR count). The number of hydrogen-bond acceptors (Lipinski definition) is 12. The van der Waals surface area contributed by atoms with E-state index in [0.29, 0.717) is 29.2 Å². The molecule has 176 valence electrons. The molecule has 0 spiro atoms. The number of nitriles is 1. The lowest BCUT2D eigenvalue weighted by molar-refractivity contribution is 0.0398. The maximum absolute atomic E-state index is 8.94. The Morgan fingerprint density at radius 1 is 0.818 bits per heavy atom. The van der Waals surface area contributed by atoms with Crippen LogP contribution >= 0.6 is 0 Å². The molecule has 0 aromatic carbocycles. The van der Waals surface area contributed by atoms with Crippen molar-refractivity contribution in [3.8, 4) is 6.07 Å². The molecule has 2 aromatic heterocycles. The average Bonchev–Trinajstić information content (AvgIpc) is 2.86. The highest BCUT2D eigenvalue weighted by atomic mass is 16.5. The SMILES string of the molecule is N#Cc1ccc(Nc2nc(NCCN3CCOCC3)nc(NCCN3CCOCC3)n2)cn1. The van der Waals surface area contributed by atoms with Crippen molar-refractivity contribution in [2.45, 2.75) is 0 Å². The number of morpholine rings is 2. The van der Waals surface area contributed by atoms with Gasteiger partial charge in [0.2, 0.25) is 17.8 Å². The summed E-state index contributed by atoms with van der Waals surface area (Å²) in [5.74, 6) is 1.40. The number of hydrogen-bond donors (Lipinski definition) is 3. The molecule has 12 heteroatoms. The third-order valence-corrected chi connectivity index (χ3v) is 5.40. The zero-order valence-electron chi connectivity index (χ0n) is 18.7. The van der Waals surface area contributed by atoms with Gasteiger partial charge in [-0.1, -0.05) is 0 Å². The highest BCUT2D eigenvalue weighted by Crippen LogP contribution is 2.15. The van der Waals surface area contributed by atoms with Crippen molar-refractivity contribution in [3.63, 3.8) is 0 Å². The van der Waals surface area contributed by atoms with Gasteiger partial charge in [-0.2, -0.15) is 20.2 Å². The quantitative estimate of drug-likeness (QED) is 0.457. The zero-order chi connectivity index (χ0) is 22.7. The van der Waals surface area contributed by atoms with Gasteiger partial charge in [0, 0.05) is 52.4 Å². The summed E-state index contributed by atoms with van der Waals surface area (Å²) in [6.07, 6.45) is 1.58. The van der Waals surface area contributed by atoms with E-state index in [9.17, 15) is 0 Å². The van der Waals surface area contributed by atoms with Crippen LogP contribution in [0.3, 0.4) is 0 Å². The molecule has 0 bridgehead atoms. The molecule has 0 amide bonds. The van der Waals surface area contributed by atoms with Crippen LogP contribution in [-0.2, 0) is 9.47 Å². The second kappa shape index (κ2) is 12.2. The fourth-order valence-electron chi connectivity index (χ4n) is 3.55. The van der Waals surface area contributed by atoms with Crippen molar-refractivity contribution in [2.24, 2.45) is 0 Å². The number of anilines is 4. The molecule has 3 N–H and O–H groups in total. The van der Waals surface area contributed by atoms with Gasteiger partial charge in [-0.15, -0.1) is 0 Å². The Morgan fingerprint density at radius 3 is 1.85 bits per heavy atom. The van der Waals surface area contributed by atoms with E-state index in [4.69, 9.17) is 14.7 Å². The van der Waals surface area contributed by atoms with Crippen molar-refractivity contribution in [1.29, 1.82) is 5.26 Å². The zero-order valence-corrected chi connectivity index (χ0v) is 18.7. The maximum atomic E-state index is 8.94. The molecule has 2 saturated heterocycles. The number of rotatable bonds is 10. The highest BCUT2D eigenvalue weighted by Gasteiger charge is 2.13. The molecule has 12 nitrogen and oxygen atoms in total. The van der Waals surface area contributed by atoms with Gasteiger partial charge in [0.25, 0.3) is 0 Å². The van der Waals surface area contributed by atoms with Crippen LogP contribution in [0, 0.1) is 11.3 Å². The van der Waals surface area contributed by atoms with Crippen molar-refractivity contribution in [2.75, 3.05) is 94.7 Å². The standard InChI is InChI=1S/C21H30N10O2/c22-15-17-1-2-18(16-25-17)26-21-28-19(23-3-5-30-7-11-32-12-8-30)27-20(29-21)24-4-6-31-9-13-33-14-10-31/h1-2,16H,3-14H2,(H3,23,24,26,27,28,29). The topological polar surface area (TPSA) is 136 Å². The summed E-state index contributed by atoms with van der Waals surface area (Å²) in [7, 11) is 0. The number of nitrogens with one attached hydrogen (secondary N) is 3. The average molecular weight is 455 g/mol.